The summed E-state index contributed by atoms with van der Waals surface area (Å²) in [7, 11) is 0. The van der Waals surface area contributed by atoms with E-state index in [0.29, 0.717) is 23.5 Å². The molecule has 0 aliphatic heterocycles. The molecule has 0 aliphatic carbocycles. The highest BCUT2D eigenvalue weighted by molar-refractivity contribution is 5.62. The molecule has 0 saturated carbocycles. The number of aryl methyl sites for hydroxylation is 1. The minimum atomic E-state index is -0.593. The van der Waals surface area contributed by atoms with Crippen molar-refractivity contribution in [3.63, 3.8) is 0 Å². The fourth-order valence-electron chi connectivity index (χ4n) is 3.82. The van der Waals surface area contributed by atoms with Crippen LogP contribution in [-0.2, 0) is 19.3 Å². The van der Waals surface area contributed by atoms with Gasteiger partial charge in [0.05, 0.1) is 17.1 Å². The summed E-state index contributed by atoms with van der Waals surface area (Å²) in [5, 5.41) is 0. The number of hydrogen-bond donors (Lipinski definition) is 0. The lowest BCUT2D eigenvalue weighted by atomic mass is 10.1. The highest BCUT2D eigenvalue weighted by Gasteiger charge is 2.17. The molecule has 5 rings (SSSR count). The van der Waals surface area contributed by atoms with Crippen molar-refractivity contribution in [3.8, 4) is 11.3 Å². The number of benzene rings is 2. The van der Waals surface area contributed by atoms with Crippen LogP contribution in [0.25, 0.3) is 16.9 Å². The Bertz CT molecular complexity index is 1370. The molecule has 6 heteroatoms. The van der Waals surface area contributed by atoms with Crippen molar-refractivity contribution in [2.24, 2.45) is 0 Å². The molecule has 4 nitrogen and oxygen atoms in total. The third-order valence-corrected chi connectivity index (χ3v) is 5.45. The van der Waals surface area contributed by atoms with Gasteiger partial charge in [0.2, 0.25) is 0 Å². The smallest absolute Gasteiger partial charge is 0.159 e. The molecular formula is C26H21F2N3O. The molecule has 5 aromatic rings. The van der Waals surface area contributed by atoms with Crippen LogP contribution < -0.4 is 0 Å². The van der Waals surface area contributed by atoms with E-state index in [9.17, 15) is 8.78 Å². The van der Waals surface area contributed by atoms with Gasteiger partial charge in [0, 0.05) is 42.8 Å². The first-order chi connectivity index (χ1) is 15.6. The van der Waals surface area contributed by atoms with Crippen LogP contribution in [0, 0.1) is 11.6 Å². The number of furan rings is 1. The van der Waals surface area contributed by atoms with Gasteiger partial charge in [-0.1, -0.05) is 43.3 Å². The zero-order valence-electron chi connectivity index (χ0n) is 17.6. The second-order valence-electron chi connectivity index (χ2n) is 7.68. The Morgan fingerprint density at radius 2 is 1.56 bits per heavy atom. The Morgan fingerprint density at radius 1 is 0.812 bits per heavy atom. The second kappa shape index (κ2) is 8.38. The quantitative estimate of drug-likeness (QED) is 0.332. The summed E-state index contributed by atoms with van der Waals surface area (Å²) in [6, 6.07) is 17.5. The zero-order valence-corrected chi connectivity index (χ0v) is 17.6. The predicted molar refractivity (Wildman–Crippen MR) is 118 cm³/mol. The van der Waals surface area contributed by atoms with Crippen LogP contribution in [0.5, 0.6) is 0 Å². The van der Waals surface area contributed by atoms with E-state index in [1.54, 1.807) is 0 Å². The van der Waals surface area contributed by atoms with Gasteiger partial charge in [-0.15, -0.1) is 0 Å². The molecule has 0 amide bonds. The first-order valence-corrected chi connectivity index (χ1v) is 10.5. The Hall–Kier alpha value is -3.80. The lowest BCUT2D eigenvalue weighted by Crippen LogP contribution is -2.03. The van der Waals surface area contributed by atoms with Gasteiger partial charge >= 0.3 is 0 Å². The van der Waals surface area contributed by atoms with Crippen LogP contribution in [0.4, 0.5) is 8.78 Å². The first kappa shape index (κ1) is 20.1. The largest absolute Gasteiger partial charge is 0.466 e. The van der Waals surface area contributed by atoms with Crippen LogP contribution in [0.1, 0.15) is 35.4 Å². The molecule has 0 unspecified atom stereocenters. The molecule has 160 valence electrons. The molecule has 0 saturated heterocycles. The van der Waals surface area contributed by atoms with Crippen molar-refractivity contribution in [1.82, 2.24) is 14.4 Å². The summed E-state index contributed by atoms with van der Waals surface area (Å²) in [6.45, 7) is 2.04. The van der Waals surface area contributed by atoms with Crippen molar-refractivity contribution < 1.29 is 13.2 Å². The summed E-state index contributed by atoms with van der Waals surface area (Å²) >= 11 is 0. The van der Waals surface area contributed by atoms with E-state index in [1.165, 1.54) is 18.2 Å². The molecule has 0 aliphatic rings. The molecule has 0 atom stereocenters. The summed E-state index contributed by atoms with van der Waals surface area (Å²) in [6.07, 6.45) is 5.16. The molecule has 0 N–H and O–H groups in total. The Balaban J connectivity index is 1.61. The summed E-state index contributed by atoms with van der Waals surface area (Å²) < 4.78 is 36.5. The number of nitrogens with zero attached hydrogens (tertiary/aromatic N) is 3. The van der Waals surface area contributed by atoms with E-state index in [-0.39, 0.29) is 12.0 Å². The topological polar surface area (TPSA) is 43.3 Å². The van der Waals surface area contributed by atoms with Crippen molar-refractivity contribution in [2.45, 2.75) is 26.2 Å². The Kier molecular flexibility index (Phi) is 5.27. The fraction of sp³-hybridized carbons (Fsp3) is 0.154. The summed E-state index contributed by atoms with van der Waals surface area (Å²) in [5.74, 6) is 0.560. The van der Waals surface area contributed by atoms with Gasteiger partial charge < -0.3 is 8.82 Å². The molecular weight excluding hydrogens is 408 g/mol. The number of rotatable bonds is 6. The summed E-state index contributed by atoms with van der Waals surface area (Å²) in [5.41, 5.74) is 3.48. The van der Waals surface area contributed by atoms with Crippen molar-refractivity contribution in [1.29, 1.82) is 0 Å². The van der Waals surface area contributed by atoms with Crippen molar-refractivity contribution in [2.75, 3.05) is 0 Å². The standard InChI is InChI=1S/C26H21F2N3O/c1-2-19-11-12-20(32-19)13-18-15-31-16-25(17-7-4-3-5-8-17)30-24(26(31)29-18)14-21-22(27)9-6-10-23(21)28/h3-12,15-16H,2,13-14H2,1H3. The number of fused-ring (bicyclic) bond motifs is 1. The molecule has 2 aromatic carbocycles. The van der Waals surface area contributed by atoms with E-state index in [0.717, 1.165) is 29.2 Å². The highest BCUT2D eigenvalue weighted by atomic mass is 19.1. The Morgan fingerprint density at radius 3 is 2.28 bits per heavy atom. The molecule has 0 radical (unpaired) electrons. The highest BCUT2D eigenvalue weighted by Crippen LogP contribution is 2.24. The number of hydrogen-bond acceptors (Lipinski definition) is 3. The Labute approximate surface area is 184 Å². The monoisotopic (exact) mass is 429 g/mol. The summed E-state index contributed by atoms with van der Waals surface area (Å²) in [4.78, 5) is 9.48. The molecule has 0 bridgehead atoms. The van der Waals surface area contributed by atoms with Gasteiger partial charge in [-0.3, -0.25) is 0 Å². The number of imidazole rings is 1. The average Bonchev–Trinajstić information content (AvgIpc) is 3.43. The lowest BCUT2D eigenvalue weighted by Gasteiger charge is -2.09. The van der Waals surface area contributed by atoms with Crippen LogP contribution in [0.3, 0.4) is 0 Å². The van der Waals surface area contributed by atoms with Crippen LogP contribution in [-0.4, -0.2) is 14.4 Å². The van der Waals surface area contributed by atoms with E-state index in [1.807, 2.05) is 66.2 Å². The molecule has 3 aromatic heterocycles. The SMILES string of the molecule is CCc1ccc(Cc2cn3cc(-c4ccccc4)nc(Cc4c(F)cccc4F)c3n2)o1. The van der Waals surface area contributed by atoms with Crippen molar-refractivity contribution in [3.05, 3.63) is 113 Å². The second-order valence-corrected chi connectivity index (χ2v) is 7.68. The van der Waals surface area contributed by atoms with Gasteiger partial charge in [-0.2, -0.15) is 0 Å². The first-order valence-electron chi connectivity index (χ1n) is 10.5. The van der Waals surface area contributed by atoms with Crippen LogP contribution >= 0.6 is 0 Å². The third kappa shape index (κ3) is 3.91. The number of aromatic nitrogens is 3. The fourth-order valence-corrected chi connectivity index (χ4v) is 3.82. The van der Waals surface area contributed by atoms with E-state index in [4.69, 9.17) is 14.4 Å². The molecule has 0 fully saturated rings. The van der Waals surface area contributed by atoms with Gasteiger partial charge in [-0.05, 0) is 24.3 Å². The third-order valence-electron chi connectivity index (χ3n) is 5.45. The van der Waals surface area contributed by atoms with E-state index >= 15 is 0 Å². The maximum Gasteiger partial charge on any atom is 0.159 e. The lowest BCUT2D eigenvalue weighted by molar-refractivity contribution is 0.477. The maximum absolute atomic E-state index is 14.4. The normalized spacial score (nSPS) is 11.3. The predicted octanol–water partition coefficient (Wildman–Crippen LogP) is 6.01. The van der Waals surface area contributed by atoms with Crippen molar-refractivity contribution >= 4 is 5.65 Å². The maximum atomic E-state index is 14.4. The van der Waals surface area contributed by atoms with E-state index in [2.05, 4.69) is 0 Å². The zero-order chi connectivity index (χ0) is 22.1. The minimum Gasteiger partial charge on any atom is -0.466 e. The van der Waals surface area contributed by atoms with Crippen LogP contribution in [0.15, 0.2) is 77.5 Å². The van der Waals surface area contributed by atoms with E-state index < -0.39 is 11.6 Å². The average molecular weight is 429 g/mol. The van der Waals surface area contributed by atoms with Crippen LogP contribution in [0.2, 0.25) is 0 Å². The molecule has 0 spiro atoms. The molecule has 3 heterocycles. The molecule has 32 heavy (non-hydrogen) atoms. The number of halogens is 2. The minimum absolute atomic E-state index is 0.000131. The van der Waals surface area contributed by atoms with Gasteiger partial charge in [0.1, 0.15) is 23.2 Å². The van der Waals surface area contributed by atoms with Gasteiger partial charge in [-0.25, -0.2) is 18.7 Å². The van der Waals surface area contributed by atoms with Gasteiger partial charge in [0.15, 0.2) is 5.65 Å². The van der Waals surface area contributed by atoms with Gasteiger partial charge in [0.25, 0.3) is 0 Å².